The number of hydrogen-bond acceptors (Lipinski definition) is 3. The highest BCUT2D eigenvalue weighted by atomic mass is 127. The standard InChI is InChI=1S/C15H10IN3O3/c16-9-1-3-10(4-2-9)18-15(20)13-8-17-14-6-5-11(19(21)22)7-12(13)14/h1-8,17H,(H,18,20). The van der Waals surface area contributed by atoms with Gasteiger partial charge in [-0.15, -0.1) is 0 Å². The maximum Gasteiger partial charge on any atom is 0.270 e. The second-order valence-electron chi connectivity index (χ2n) is 4.65. The molecule has 0 saturated carbocycles. The van der Waals surface area contributed by atoms with E-state index in [1.165, 1.54) is 12.1 Å². The van der Waals surface area contributed by atoms with Crippen molar-refractivity contribution in [2.45, 2.75) is 0 Å². The molecule has 3 rings (SSSR count). The Balaban J connectivity index is 1.95. The minimum atomic E-state index is -0.479. The van der Waals surface area contributed by atoms with Crippen molar-refractivity contribution in [1.82, 2.24) is 4.98 Å². The first-order valence-electron chi connectivity index (χ1n) is 6.37. The van der Waals surface area contributed by atoms with Gasteiger partial charge in [0.1, 0.15) is 0 Å². The molecule has 2 N–H and O–H groups in total. The van der Waals surface area contributed by atoms with Gasteiger partial charge in [-0.1, -0.05) is 0 Å². The molecule has 0 aliphatic rings. The first-order chi connectivity index (χ1) is 10.5. The van der Waals surface area contributed by atoms with Crippen molar-refractivity contribution in [3.63, 3.8) is 0 Å². The zero-order valence-corrected chi connectivity index (χ0v) is 13.3. The minimum absolute atomic E-state index is 0.0459. The maximum atomic E-state index is 12.4. The molecule has 7 heteroatoms. The predicted octanol–water partition coefficient (Wildman–Crippen LogP) is 3.93. The molecule has 6 nitrogen and oxygen atoms in total. The number of anilines is 1. The van der Waals surface area contributed by atoms with E-state index in [2.05, 4.69) is 32.9 Å². The Morgan fingerprint density at radius 1 is 1.18 bits per heavy atom. The summed E-state index contributed by atoms with van der Waals surface area (Å²) in [6, 6.07) is 11.8. The lowest BCUT2D eigenvalue weighted by Gasteiger charge is -2.04. The molecule has 1 aromatic heterocycles. The smallest absolute Gasteiger partial charge is 0.270 e. The third kappa shape index (κ3) is 2.80. The van der Waals surface area contributed by atoms with Gasteiger partial charge in [0.25, 0.3) is 11.6 Å². The SMILES string of the molecule is O=C(Nc1ccc(I)cc1)c1c[nH]c2ccc([N+](=O)[O-])cc12. The summed E-state index contributed by atoms with van der Waals surface area (Å²) in [6.45, 7) is 0. The molecule has 110 valence electrons. The number of nitrogens with one attached hydrogen (secondary N) is 2. The quantitative estimate of drug-likeness (QED) is 0.392. The number of carbonyl (C=O) groups is 1. The molecule has 0 bridgehead atoms. The van der Waals surface area contributed by atoms with Crippen LogP contribution in [0, 0.1) is 13.7 Å². The van der Waals surface area contributed by atoms with Crippen LogP contribution in [0.1, 0.15) is 10.4 Å². The van der Waals surface area contributed by atoms with Crippen LogP contribution in [0.4, 0.5) is 11.4 Å². The van der Waals surface area contributed by atoms with Crippen molar-refractivity contribution in [3.05, 3.63) is 67.9 Å². The normalized spacial score (nSPS) is 10.6. The summed E-state index contributed by atoms with van der Waals surface area (Å²) >= 11 is 2.18. The zero-order chi connectivity index (χ0) is 15.7. The lowest BCUT2D eigenvalue weighted by Crippen LogP contribution is -2.11. The van der Waals surface area contributed by atoms with Crippen molar-refractivity contribution >= 4 is 50.8 Å². The summed E-state index contributed by atoms with van der Waals surface area (Å²) in [5.74, 6) is -0.312. The first-order valence-corrected chi connectivity index (χ1v) is 7.45. The number of hydrogen-bond donors (Lipinski definition) is 2. The molecule has 0 atom stereocenters. The van der Waals surface area contributed by atoms with E-state index in [-0.39, 0.29) is 11.6 Å². The van der Waals surface area contributed by atoms with Crippen LogP contribution in [-0.2, 0) is 0 Å². The number of aromatic amines is 1. The van der Waals surface area contributed by atoms with Gasteiger partial charge in [0.2, 0.25) is 0 Å². The van der Waals surface area contributed by atoms with E-state index in [9.17, 15) is 14.9 Å². The average molecular weight is 407 g/mol. The van der Waals surface area contributed by atoms with E-state index in [0.29, 0.717) is 22.2 Å². The molecule has 0 aliphatic carbocycles. The summed E-state index contributed by atoms with van der Waals surface area (Å²) in [7, 11) is 0. The van der Waals surface area contributed by atoms with Gasteiger partial charge in [-0.3, -0.25) is 14.9 Å². The number of carbonyl (C=O) groups excluding carboxylic acids is 1. The van der Waals surface area contributed by atoms with Crippen molar-refractivity contribution < 1.29 is 9.72 Å². The first kappa shape index (κ1) is 14.5. The number of aromatic nitrogens is 1. The third-order valence-corrected chi connectivity index (χ3v) is 3.94. The largest absolute Gasteiger partial charge is 0.360 e. The number of halogens is 1. The van der Waals surface area contributed by atoms with Crippen LogP contribution in [0.15, 0.2) is 48.7 Å². The molecule has 0 spiro atoms. The van der Waals surface area contributed by atoms with Gasteiger partial charge in [0.05, 0.1) is 10.5 Å². The number of benzene rings is 2. The van der Waals surface area contributed by atoms with Gasteiger partial charge in [0, 0.05) is 38.5 Å². The monoisotopic (exact) mass is 407 g/mol. The van der Waals surface area contributed by atoms with Gasteiger partial charge in [-0.25, -0.2) is 0 Å². The fourth-order valence-corrected chi connectivity index (χ4v) is 2.50. The van der Waals surface area contributed by atoms with Crippen molar-refractivity contribution in [3.8, 4) is 0 Å². The Kier molecular flexibility index (Phi) is 3.80. The van der Waals surface area contributed by atoms with E-state index in [1.54, 1.807) is 24.4 Å². The molecule has 2 aromatic carbocycles. The van der Waals surface area contributed by atoms with Crippen LogP contribution in [0.5, 0.6) is 0 Å². The lowest BCUT2D eigenvalue weighted by molar-refractivity contribution is -0.384. The van der Waals surface area contributed by atoms with E-state index in [0.717, 1.165) is 3.57 Å². The molecule has 0 aliphatic heterocycles. The Hall–Kier alpha value is -2.42. The van der Waals surface area contributed by atoms with Crippen LogP contribution in [0.25, 0.3) is 10.9 Å². The summed E-state index contributed by atoms with van der Waals surface area (Å²) < 4.78 is 1.07. The van der Waals surface area contributed by atoms with Crippen molar-refractivity contribution in [2.24, 2.45) is 0 Å². The fraction of sp³-hybridized carbons (Fsp3) is 0. The van der Waals surface area contributed by atoms with Gasteiger partial charge in [0.15, 0.2) is 0 Å². The average Bonchev–Trinajstić information content (AvgIpc) is 2.92. The molecular weight excluding hydrogens is 397 g/mol. The lowest BCUT2D eigenvalue weighted by atomic mass is 10.1. The molecular formula is C15H10IN3O3. The van der Waals surface area contributed by atoms with Gasteiger partial charge < -0.3 is 10.3 Å². The number of nitro benzene ring substituents is 1. The minimum Gasteiger partial charge on any atom is -0.360 e. The van der Waals surface area contributed by atoms with Gasteiger partial charge in [-0.2, -0.15) is 0 Å². The maximum absolute atomic E-state index is 12.4. The molecule has 1 amide bonds. The number of rotatable bonds is 3. The number of H-pyrrole nitrogens is 1. The highest BCUT2D eigenvalue weighted by Crippen LogP contribution is 2.24. The van der Waals surface area contributed by atoms with E-state index < -0.39 is 4.92 Å². The number of amides is 1. The van der Waals surface area contributed by atoms with Crippen molar-refractivity contribution in [2.75, 3.05) is 5.32 Å². The van der Waals surface area contributed by atoms with Crippen LogP contribution in [-0.4, -0.2) is 15.8 Å². The molecule has 0 saturated heterocycles. The second kappa shape index (κ2) is 5.76. The molecule has 1 heterocycles. The van der Waals surface area contributed by atoms with Crippen LogP contribution in [0.3, 0.4) is 0 Å². The Bertz CT molecular complexity index is 871. The Labute approximate surface area is 138 Å². The molecule has 0 radical (unpaired) electrons. The summed E-state index contributed by atoms with van der Waals surface area (Å²) in [5, 5.41) is 14.2. The Morgan fingerprint density at radius 2 is 1.91 bits per heavy atom. The molecule has 0 fully saturated rings. The molecule has 22 heavy (non-hydrogen) atoms. The molecule has 3 aromatic rings. The van der Waals surface area contributed by atoms with Crippen molar-refractivity contribution in [1.29, 1.82) is 0 Å². The third-order valence-electron chi connectivity index (χ3n) is 3.22. The van der Waals surface area contributed by atoms with Gasteiger partial charge >= 0.3 is 0 Å². The highest BCUT2D eigenvalue weighted by molar-refractivity contribution is 14.1. The van der Waals surface area contributed by atoms with Crippen LogP contribution >= 0.6 is 22.6 Å². The molecule has 0 unspecified atom stereocenters. The summed E-state index contributed by atoms with van der Waals surface area (Å²) in [5.41, 5.74) is 1.68. The second-order valence-corrected chi connectivity index (χ2v) is 5.90. The zero-order valence-electron chi connectivity index (χ0n) is 11.2. The van der Waals surface area contributed by atoms with Gasteiger partial charge in [-0.05, 0) is 52.9 Å². The van der Waals surface area contributed by atoms with E-state index in [4.69, 9.17) is 0 Å². The Morgan fingerprint density at radius 3 is 2.59 bits per heavy atom. The fourth-order valence-electron chi connectivity index (χ4n) is 2.14. The van der Waals surface area contributed by atoms with E-state index in [1.807, 2.05) is 12.1 Å². The summed E-state index contributed by atoms with van der Waals surface area (Å²) in [6.07, 6.45) is 1.55. The summed E-state index contributed by atoms with van der Waals surface area (Å²) in [4.78, 5) is 25.7. The topological polar surface area (TPSA) is 88.0 Å². The predicted molar refractivity (Wildman–Crippen MR) is 92.1 cm³/mol. The number of non-ortho nitro benzene ring substituents is 1. The number of fused-ring (bicyclic) bond motifs is 1. The number of nitrogens with zero attached hydrogens (tertiary/aromatic N) is 1. The van der Waals surface area contributed by atoms with E-state index >= 15 is 0 Å². The highest BCUT2D eigenvalue weighted by Gasteiger charge is 2.15. The van der Waals surface area contributed by atoms with Crippen LogP contribution in [0.2, 0.25) is 0 Å². The van der Waals surface area contributed by atoms with Crippen LogP contribution < -0.4 is 5.32 Å². The number of nitro groups is 1.